The number of nitrogens with zero attached hydrogens (tertiary/aromatic N) is 1. The minimum Gasteiger partial charge on any atom is -0.508 e. The second-order valence-corrected chi connectivity index (χ2v) is 9.06. The van der Waals surface area contributed by atoms with Crippen molar-refractivity contribution in [1.82, 2.24) is 4.90 Å². The second-order valence-electron chi connectivity index (χ2n) is 9.06. The Balaban J connectivity index is 0.00000324. The normalized spacial score (nSPS) is 34.9. The van der Waals surface area contributed by atoms with Crippen LogP contribution in [0.3, 0.4) is 0 Å². The largest absolute Gasteiger partial charge is 0.508 e. The minimum atomic E-state index is -3.02. The smallest absolute Gasteiger partial charge is 0.255 e. The van der Waals surface area contributed by atoms with Gasteiger partial charge in [-0.15, -0.1) is 0 Å². The Kier molecular flexibility index (Phi) is 5.67. The number of aromatic hydroxyl groups is 1. The van der Waals surface area contributed by atoms with Crippen molar-refractivity contribution in [2.24, 2.45) is 17.6 Å². The van der Waals surface area contributed by atoms with E-state index in [1.54, 1.807) is 0 Å². The number of ketones is 2. The summed E-state index contributed by atoms with van der Waals surface area (Å²) in [5.74, 6) is -9.67. The van der Waals surface area contributed by atoms with Crippen molar-refractivity contribution in [3.8, 4) is 5.75 Å². The number of phenolic OH excluding ortho intramolecular Hbond substituents is 1. The van der Waals surface area contributed by atoms with Crippen molar-refractivity contribution in [2.45, 2.75) is 30.3 Å². The first kappa shape index (κ1) is 25.3. The molecule has 10 N–H and O–H groups in total. The first-order chi connectivity index (χ1) is 15.2. The van der Waals surface area contributed by atoms with Gasteiger partial charge in [-0.1, -0.05) is 12.1 Å². The minimum absolute atomic E-state index is 0. The van der Waals surface area contributed by atoms with Gasteiger partial charge in [0.25, 0.3) is 5.91 Å². The van der Waals surface area contributed by atoms with Crippen LogP contribution in [-0.2, 0) is 20.0 Å². The van der Waals surface area contributed by atoms with Crippen molar-refractivity contribution < 1.29 is 50.5 Å². The fourth-order valence-corrected chi connectivity index (χ4v) is 5.60. The molecule has 4 rings (SSSR count). The van der Waals surface area contributed by atoms with E-state index >= 15 is 0 Å². The van der Waals surface area contributed by atoms with E-state index in [1.165, 1.54) is 44.1 Å². The highest BCUT2D eigenvalue weighted by Gasteiger charge is 2.70. The van der Waals surface area contributed by atoms with Gasteiger partial charge < -0.3 is 41.8 Å². The Labute approximate surface area is 193 Å². The molecule has 6 atom stereocenters. The molecule has 1 amide bonds. The molecule has 1 aromatic carbocycles. The Bertz CT molecular complexity index is 1180. The molecular formula is C22H26N2O10. The van der Waals surface area contributed by atoms with Crippen LogP contribution in [0.25, 0.3) is 5.76 Å². The number of aliphatic hydroxyl groups is 5. The highest BCUT2D eigenvalue weighted by atomic mass is 16.4. The topological polar surface area (TPSA) is 233 Å². The van der Waals surface area contributed by atoms with Crippen molar-refractivity contribution >= 4 is 23.2 Å². The van der Waals surface area contributed by atoms with Gasteiger partial charge in [0.15, 0.2) is 11.4 Å². The summed E-state index contributed by atoms with van der Waals surface area (Å²) < 4.78 is 0. The van der Waals surface area contributed by atoms with Crippen LogP contribution in [0.1, 0.15) is 18.1 Å². The number of carbonyl (C=O) groups excluding carboxylic acids is 3. The van der Waals surface area contributed by atoms with Crippen LogP contribution in [-0.4, -0.2) is 90.3 Å². The van der Waals surface area contributed by atoms with E-state index in [-0.39, 0.29) is 16.6 Å². The van der Waals surface area contributed by atoms with Gasteiger partial charge in [-0.2, -0.15) is 0 Å². The van der Waals surface area contributed by atoms with Crippen LogP contribution in [0.5, 0.6) is 5.75 Å². The molecule has 3 aliphatic rings. The summed E-state index contributed by atoms with van der Waals surface area (Å²) >= 11 is 0. The van der Waals surface area contributed by atoms with Crippen LogP contribution in [0.2, 0.25) is 0 Å². The quantitative estimate of drug-likeness (QED) is 0.226. The monoisotopic (exact) mass is 478 g/mol. The van der Waals surface area contributed by atoms with Crippen molar-refractivity contribution in [3.05, 3.63) is 46.2 Å². The van der Waals surface area contributed by atoms with Gasteiger partial charge in [0.1, 0.15) is 22.8 Å². The lowest BCUT2D eigenvalue weighted by Crippen LogP contribution is -2.71. The molecule has 184 valence electrons. The fourth-order valence-electron chi connectivity index (χ4n) is 5.60. The second kappa shape index (κ2) is 7.61. The highest BCUT2D eigenvalue weighted by molar-refractivity contribution is 6.24. The van der Waals surface area contributed by atoms with Crippen LogP contribution < -0.4 is 5.73 Å². The summed E-state index contributed by atoms with van der Waals surface area (Å²) in [6.45, 7) is 1.25. The first-order valence-electron chi connectivity index (χ1n) is 10.1. The molecule has 0 saturated heterocycles. The molecule has 3 aliphatic carbocycles. The predicted molar refractivity (Wildman–Crippen MR) is 115 cm³/mol. The van der Waals surface area contributed by atoms with Crippen molar-refractivity contribution in [3.63, 3.8) is 0 Å². The number of primary amides is 1. The lowest BCUT2D eigenvalue weighted by molar-refractivity contribution is -0.181. The molecule has 0 spiro atoms. The Morgan fingerprint density at radius 3 is 2.24 bits per heavy atom. The summed E-state index contributed by atoms with van der Waals surface area (Å²) in [5.41, 5.74) is -1.78. The zero-order valence-corrected chi connectivity index (χ0v) is 18.5. The molecule has 1 fully saturated rings. The van der Waals surface area contributed by atoms with E-state index in [0.29, 0.717) is 0 Å². The van der Waals surface area contributed by atoms with Crippen molar-refractivity contribution in [1.29, 1.82) is 0 Å². The first-order valence-corrected chi connectivity index (χ1v) is 10.1. The maximum atomic E-state index is 13.7. The van der Waals surface area contributed by atoms with E-state index in [4.69, 9.17) is 5.73 Å². The number of fused-ring (bicyclic) bond motifs is 3. The van der Waals surface area contributed by atoms with Gasteiger partial charge in [0, 0.05) is 0 Å². The number of amides is 1. The molecule has 0 aromatic heterocycles. The van der Waals surface area contributed by atoms with E-state index in [0.717, 1.165) is 0 Å². The third-order valence-electron chi connectivity index (χ3n) is 7.03. The number of nitrogens with two attached hydrogens (primary N) is 1. The van der Waals surface area contributed by atoms with Crippen LogP contribution in [0.4, 0.5) is 0 Å². The molecule has 12 nitrogen and oxygen atoms in total. The average Bonchev–Trinajstić information content (AvgIpc) is 2.70. The summed E-state index contributed by atoms with van der Waals surface area (Å²) in [6, 6.07) is 2.50. The molecule has 34 heavy (non-hydrogen) atoms. The molecule has 1 aromatic rings. The van der Waals surface area contributed by atoms with Gasteiger partial charge in [-0.3, -0.25) is 19.3 Å². The lowest BCUT2D eigenvalue weighted by Gasteiger charge is -2.55. The van der Waals surface area contributed by atoms with Gasteiger partial charge in [-0.05, 0) is 32.6 Å². The Morgan fingerprint density at radius 1 is 1.12 bits per heavy atom. The molecule has 0 radical (unpaired) electrons. The van der Waals surface area contributed by atoms with Gasteiger partial charge in [0.05, 0.1) is 40.7 Å². The summed E-state index contributed by atoms with van der Waals surface area (Å²) in [5, 5.41) is 66.3. The molecule has 0 bridgehead atoms. The maximum Gasteiger partial charge on any atom is 0.255 e. The molecule has 0 aliphatic heterocycles. The van der Waals surface area contributed by atoms with E-state index in [1.807, 2.05) is 0 Å². The Morgan fingerprint density at radius 2 is 1.71 bits per heavy atom. The molecular weight excluding hydrogens is 452 g/mol. The molecule has 2 unspecified atom stereocenters. The van der Waals surface area contributed by atoms with Crippen molar-refractivity contribution in [2.75, 3.05) is 14.1 Å². The predicted octanol–water partition coefficient (Wildman–Crippen LogP) is -2.22. The average molecular weight is 478 g/mol. The maximum absolute atomic E-state index is 13.7. The zero-order valence-electron chi connectivity index (χ0n) is 18.5. The number of Topliss-reactive ketones (excluding diaryl/α,β-unsaturated/α-hetero) is 2. The number of carbonyl (C=O) groups is 3. The molecule has 0 heterocycles. The molecule has 12 heteroatoms. The molecule has 1 saturated carbocycles. The van der Waals surface area contributed by atoms with Gasteiger partial charge in [0.2, 0.25) is 5.78 Å². The Hall–Kier alpha value is -3.29. The third-order valence-corrected chi connectivity index (χ3v) is 7.03. The van der Waals surface area contributed by atoms with Gasteiger partial charge in [-0.25, -0.2) is 0 Å². The number of phenols is 1. The third kappa shape index (κ3) is 2.80. The highest BCUT2D eigenvalue weighted by Crippen LogP contribution is 2.57. The number of hydrogen-bond donors (Lipinski definition) is 7. The summed E-state index contributed by atoms with van der Waals surface area (Å²) in [7, 11) is 2.80. The van der Waals surface area contributed by atoms with E-state index in [2.05, 4.69) is 0 Å². The fraction of sp³-hybridized carbons (Fsp3) is 0.409. The van der Waals surface area contributed by atoms with Crippen LogP contribution in [0.15, 0.2) is 35.1 Å². The standard InChI is InChI=1S/C22H24N2O9.H2O/c1-21(32)7-5-4-6-8(25)9(7)15(26)10-12(21)17(28)13-14(24(2)3)16(27)11(20(23)31)19(30)22(13,33)18(10)29;/h4-6,12-14,17,25-26,28,30,32-33H,1-3H3,(H2,23,31);1H2/t12?,13?,14-,17-,21+,22-;/m0./s1. The number of rotatable bonds is 2. The summed E-state index contributed by atoms with van der Waals surface area (Å²) in [4.78, 5) is 39.9. The lowest BCUT2D eigenvalue weighted by atomic mass is 9.53. The van der Waals surface area contributed by atoms with E-state index in [9.17, 15) is 45.0 Å². The van der Waals surface area contributed by atoms with Crippen LogP contribution >= 0.6 is 0 Å². The van der Waals surface area contributed by atoms with Crippen LogP contribution in [0, 0.1) is 11.8 Å². The van der Waals surface area contributed by atoms with E-state index < -0.39 is 81.1 Å². The number of aliphatic hydroxyl groups excluding tert-OH is 3. The number of hydrogen-bond acceptors (Lipinski definition) is 10. The zero-order chi connectivity index (χ0) is 24.8. The SMILES string of the molecule is CN(C)[C@@H]1C(=O)C(C(N)=O)=C(O)[C@@]2(O)C(=O)C3=C(O)c4c(O)cccc4[C@@](C)(O)C3[C@H](O)C12.O. The number of benzene rings is 1. The summed E-state index contributed by atoms with van der Waals surface area (Å²) in [6.07, 6.45) is -1.87. The van der Waals surface area contributed by atoms with Gasteiger partial charge >= 0.3 is 0 Å². The number of likely N-dealkylation sites (N-methyl/N-ethyl adjacent to an activating group) is 1.